The molecule has 1 saturated heterocycles. The Bertz CT molecular complexity index is 406. The Balaban J connectivity index is 2.05. The molecule has 17 heavy (non-hydrogen) atoms. The van der Waals surface area contributed by atoms with Crippen LogP contribution in [-0.4, -0.2) is 28.7 Å². The standard InChI is InChI=1S/C13H17Cl2NO/c1-13(17)5-2-6-16(9-13)8-10-3-4-11(14)7-12(10)15/h3-4,7,17H,2,5-6,8-9H2,1H3. The second-order valence-corrected chi connectivity index (χ2v) is 5.89. The van der Waals surface area contributed by atoms with Crippen LogP contribution in [0.2, 0.25) is 10.0 Å². The highest BCUT2D eigenvalue weighted by Crippen LogP contribution is 2.26. The molecule has 0 bridgehead atoms. The van der Waals surface area contributed by atoms with Crippen molar-refractivity contribution < 1.29 is 5.11 Å². The van der Waals surface area contributed by atoms with Gasteiger partial charge < -0.3 is 5.11 Å². The summed E-state index contributed by atoms with van der Waals surface area (Å²) >= 11 is 12.0. The van der Waals surface area contributed by atoms with Gasteiger partial charge in [0.05, 0.1) is 5.60 Å². The topological polar surface area (TPSA) is 23.5 Å². The van der Waals surface area contributed by atoms with E-state index in [2.05, 4.69) is 4.90 Å². The molecule has 1 aromatic carbocycles. The highest BCUT2D eigenvalue weighted by Gasteiger charge is 2.28. The molecule has 0 aromatic heterocycles. The van der Waals surface area contributed by atoms with Gasteiger partial charge >= 0.3 is 0 Å². The van der Waals surface area contributed by atoms with E-state index in [0.717, 1.165) is 31.5 Å². The van der Waals surface area contributed by atoms with Crippen LogP contribution in [0.3, 0.4) is 0 Å². The monoisotopic (exact) mass is 273 g/mol. The maximum absolute atomic E-state index is 10.0. The summed E-state index contributed by atoms with van der Waals surface area (Å²) in [4.78, 5) is 2.23. The predicted octanol–water partition coefficient (Wildman–Crippen LogP) is 3.34. The molecule has 0 saturated carbocycles. The van der Waals surface area contributed by atoms with Gasteiger partial charge in [0.15, 0.2) is 0 Å². The van der Waals surface area contributed by atoms with Crippen LogP contribution in [0.1, 0.15) is 25.3 Å². The fourth-order valence-corrected chi connectivity index (χ4v) is 2.82. The molecule has 0 amide bonds. The molecular weight excluding hydrogens is 257 g/mol. The van der Waals surface area contributed by atoms with Crippen LogP contribution in [0, 0.1) is 0 Å². The first-order valence-electron chi connectivity index (χ1n) is 5.85. The fourth-order valence-electron chi connectivity index (χ4n) is 2.35. The van der Waals surface area contributed by atoms with Crippen molar-refractivity contribution in [3.63, 3.8) is 0 Å². The Morgan fingerprint density at radius 2 is 2.18 bits per heavy atom. The minimum absolute atomic E-state index is 0.572. The lowest BCUT2D eigenvalue weighted by Gasteiger charge is -2.36. The maximum Gasteiger partial charge on any atom is 0.0746 e. The lowest BCUT2D eigenvalue weighted by molar-refractivity contribution is -0.0181. The van der Waals surface area contributed by atoms with Gasteiger partial charge in [-0.1, -0.05) is 29.3 Å². The predicted molar refractivity (Wildman–Crippen MR) is 71.6 cm³/mol. The lowest BCUT2D eigenvalue weighted by Crippen LogP contribution is -2.45. The number of hydrogen-bond donors (Lipinski definition) is 1. The van der Waals surface area contributed by atoms with E-state index in [-0.39, 0.29) is 0 Å². The van der Waals surface area contributed by atoms with Gasteiger partial charge in [-0.05, 0) is 44.0 Å². The first-order valence-corrected chi connectivity index (χ1v) is 6.60. The number of rotatable bonds is 2. The summed E-state index contributed by atoms with van der Waals surface area (Å²) in [6, 6.07) is 5.57. The quantitative estimate of drug-likeness (QED) is 0.894. The van der Waals surface area contributed by atoms with Gasteiger partial charge in [-0.15, -0.1) is 0 Å². The third-order valence-corrected chi connectivity index (χ3v) is 3.75. The zero-order valence-corrected chi connectivity index (χ0v) is 11.4. The highest BCUT2D eigenvalue weighted by molar-refractivity contribution is 6.35. The molecule has 94 valence electrons. The second kappa shape index (κ2) is 5.15. The Labute approximate surface area is 112 Å². The highest BCUT2D eigenvalue weighted by atomic mass is 35.5. The molecule has 1 N–H and O–H groups in total. The minimum Gasteiger partial charge on any atom is -0.389 e. The zero-order valence-electron chi connectivity index (χ0n) is 9.92. The summed E-state index contributed by atoms with van der Waals surface area (Å²) in [5.74, 6) is 0. The van der Waals surface area contributed by atoms with Crippen molar-refractivity contribution in [2.24, 2.45) is 0 Å². The summed E-state index contributed by atoms with van der Waals surface area (Å²) in [5, 5.41) is 11.4. The molecule has 2 rings (SSSR count). The maximum atomic E-state index is 10.0. The van der Waals surface area contributed by atoms with Gasteiger partial charge in [-0.25, -0.2) is 0 Å². The van der Waals surface area contributed by atoms with Gasteiger partial charge in [0.1, 0.15) is 0 Å². The Hall–Kier alpha value is -0.280. The second-order valence-electron chi connectivity index (χ2n) is 5.05. The number of hydrogen-bond acceptors (Lipinski definition) is 2. The van der Waals surface area contributed by atoms with Crippen molar-refractivity contribution in [3.8, 4) is 0 Å². The molecule has 2 nitrogen and oxygen atoms in total. The SMILES string of the molecule is CC1(O)CCCN(Cc2ccc(Cl)cc2Cl)C1. The summed E-state index contributed by atoms with van der Waals surface area (Å²) < 4.78 is 0. The van der Waals surface area contributed by atoms with E-state index in [0.29, 0.717) is 16.6 Å². The van der Waals surface area contributed by atoms with Crippen LogP contribution >= 0.6 is 23.2 Å². The van der Waals surface area contributed by atoms with Gasteiger partial charge in [0.2, 0.25) is 0 Å². The van der Waals surface area contributed by atoms with Crippen molar-refractivity contribution in [2.75, 3.05) is 13.1 Å². The molecule has 1 atom stereocenters. The van der Waals surface area contributed by atoms with Crippen molar-refractivity contribution in [1.82, 2.24) is 4.90 Å². The molecule has 1 aromatic rings. The van der Waals surface area contributed by atoms with Crippen LogP contribution in [0.15, 0.2) is 18.2 Å². The molecule has 0 spiro atoms. The Morgan fingerprint density at radius 3 is 2.82 bits per heavy atom. The molecule has 1 aliphatic heterocycles. The first-order chi connectivity index (χ1) is 7.96. The number of likely N-dealkylation sites (tertiary alicyclic amines) is 1. The van der Waals surface area contributed by atoms with Crippen LogP contribution in [-0.2, 0) is 6.54 Å². The van der Waals surface area contributed by atoms with Crippen molar-refractivity contribution >= 4 is 23.2 Å². The molecule has 1 aliphatic rings. The number of halogens is 2. The average molecular weight is 274 g/mol. The Kier molecular flexibility index (Phi) is 3.99. The summed E-state index contributed by atoms with van der Waals surface area (Å²) in [7, 11) is 0. The lowest BCUT2D eigenvalue weighted by atomic mass is 9.95. The van der Waals surface area contributed by atoms with Gasteiger partial charge in [-0.3, -0.25) is 4.90 Å². The molecular formula is C13H17Cl2NO. The summed E-state index contributed by atoms with van der Waals surface area (Å²) in [6.07, 6.45) is 1.90. The Morgan fingerprint density at radius 1 is 1.41 bits per heavy atom. The third-order valence-electron chi connectivity index (χ3n) is 3.16. The average Bonchev–Trinajstić information content (AvgIpc) is 2.21. The minimum atomic E-state index is -0.572. The van der Waals surface area contributed by atoms with E-state index < -0.39 is 5.60 Å². The zero-order chi connectivity index (χ0) is 12.5. The molecule has 0 aliphatic carbocycles. The number of β-amino-alcohol motifs (C(OH)–C–C–N with tert-alkyl or cyclic N) is 1. The summed E-state index contributed by atoms with van der Waals surface area (Å²) in [6.45, 7) is 4.37. The van der Waals surface area contributed by atoms with Gasteiger partial charge in [0.25, 0.3) is 0 Å². The normalized spacial score (nSPS) is 26.1. The number of piperidine rings is 1. The van der Waals surface area contributed by atoms with Crippen LogP contribution in [0.5, 0.6) is 0 Å². The third kappa shape index (κ3) is 3.59. The number of benzene rings is 1. The molecule has 1 heterocycles. The van der Waals surface area contributed by atoms with E-state index in [1.165, 1.54) is 0 Å². The fraction of sp³-hybridized carbons (Fsp3) is 0.538. The smallest absolute Gasteiger partial charge is 0.0746 e. The van der Waals surface area contributed by atoms with Gasteiger partial charge in [-0.2, -0.15) is 0 Å². The molecule has 0 radical (unpaired) electrons. The van der Waals surface area contributed by atoms with E-state index >= 15 is 0 Å². The van der Waals surface area contributed by atoms with E-state index in [4.69, 9.17) is 23.2 Å². The van der Waals surface area contributed by atoms with Crippen molar-refractivity contribution in [2.45, 2.75) is 31.9 Å². The molecule has 4 heteroatoms. The molecule has 1 fully saturated rings. The first kappa shape index (κ1) is 13.2. The van der Waals surface area contributed by atoms with Gasteiger partial charge in [0, 0.05) is 23.1 Å². The largest absolute Gasteiger partial charge is 0.389 e. The number of aliphatic hydroxyl groups is 1. The van der Waals surface area contributed by atoms with Crippen LogP contribution < -0.4 is 0 Å². The van der Waals surface area contributed by atoms with E-state index in [1.54, 1.807) is 6.07 Å². The van der Waals surface area contributed by atoms with Crippen LogP contribution in [0.4, 0.5) is 0 Å². The number of nitrogens with zero attached hydrogens (tertiary/aromatic N) is 1. The summed E-state index contributed by atoms with van der Waals surface area (Å²) in [5.41, 5.74) is 0.491. The van der Waals surface area contributed by atoms with E-state index in [1.807, 2.05) is 19.1 Å². The molecule has 1 unspecified atom stereocenters. The van der Waals surface area contributed by atoms with Crippen molar-refractivity contribution in [3.05, 3.63) is 33.8 Å². The van der Waals surface area contributed by atoms with Crippen molar-refractivity contribution in [1.29, 1.82) is 0 Å². The van der Waals surface area contributed by atoms with E-state index in [9.17, 15) is 5.11 Å². The van der Waals surface area contributed by atoms with Crippen LogP contribution in [0.25, 0.3) is 0 Å².